The molecular weight excluding hydrogens is 396 g/mol. The van der Waals surface area contributed by atoms with E-state index >= 15 is 0 Å². The van der Waals surface area contributed by atoms with Crippen molar-refractivity contribution in [1.82, 2.24) is 10.2 Å². The molecule has 31 heavy (non-hydrogen) atoms. The Hall–Kier alpha value is -2.67. The van der Waals surface area contributed by atoms with Gasteiger partial charge in [-0.3, -0.25) is 14.4 Å². The fourth-order valence-electron chi connectivity index (χ4n) is 3.43. The Morgan fingerprint density at radius 2 is 1.94 bits per heavy atom. The molecule has 0 aliphatic carbocycles. The number of aliphatic hydroxyl groups excluding tert-OH is 1. The molecule has 0 unspecified atom stereocenters. The number of carbonyl (C=O) groups excluding carboxylic acids is 3. The van der Waals surface area contributed by atoms with E-state index < -0.39 is 5.92 Å². The van der Waals surface area contributed by atoms with Gasteiger partial charge in [-0.15, -0.1) is 0 Å². The number of hydrogen-bond acceptors (Lipinski definition) is 5. The van der Waals surface area contributed by atoms with E-state index in [4.69, 9.17) is 4.74 Å². The number of aliphatic hydroxyl groups is 1. The zero-order chi connectivity index (χ0) is 22.6. The highest BCUT2D eigenvalue weighted by Crippen LogP contribution is 2.17. The molecule has 2 rings (SSSR count). The minimum atomic E-state index is -0.531. The molecule has 0 fully saturated rings. The first-order valence-corrected chi connectivity index (χ1v) is 10.9. The minimum Gasteiger partial charge on any atom is -0.463 e. The van der Waals surface area contributed by atoms with E-state index in [1.807, 2.05) is 49.4 Å². The monoisotopic (exact) mass is 430 g/mol. The Kier molecular flexibility index (Phi) is 10.2. The highest BCUT2D eigenvalue weighted by atomic mass is 16.5. The van der Waals surface area contributed by atoms with Gasteiger partial charge in [-0.25, -0.2) is 0 Å². The number of nitrogens with one attached hydrogen (secondary N) is 1. The van der Waals surface area contributed by atoms with Crippen molar-refractivity contribution in [2.24, 2.45) is 11.8 Å². The Morgan fingerprint density at radius 3 is 2.65 bits per heavy atom. The molecule has 1 heterocycles. The summed E-state index contributed by atoms with van der Waals surface area (Å²) in [4.78, 5) is 39.4. The Bertz CT molecular complexity index is 750. The molecule has 0 spiro atoms. The van der Waals surface area contributed by atoms with Gasteiger partial charge in [0.25, 0.3) is 0 Å². The lowest BCUT2D eigenvalue weighted by atomic mass is 9.97. The predicted octanol–water partition coefficient (Wildman–Crippen LogP) is 2.44. The molecule has 0 bridgehead atoms. The molecule has 3 atom stereocenters. The third-order valence-corrected chi connectivity index (χ3v) is 5.35. The summed E-state index contributed by atoms with van der Waals surface area (Å²) in [5.74, 6) is -1.41. The third kappa shape index (κ3) is 8.53. The SMILES string of the molecule is C[C@H]1COC(=O)[C@@H](C)CC/C=C/C[C@H](CC(=O)N(CCO)Cc2ccccc2)C(=O)N1. The zero-order valence-corrected chi connectivity index (χ0v) is 18.5. The van der Waals surface area contributed by atoms with Gasteiger partial charge in [-0.1, -0.05) is 49.4 Å². The summed E-state index contributed by atoms with van der Waals surface area (Å²) in [5, 5.41) is 12.3. The van der Waals surface area contributed by atoms with Crippen molar-refractivity contribution < 1.29 is 24.2 Å². The van der Waals surface area contributed by atoms with Crippen molar-refractivity contribution in [2.75, 3.05) is 19.8 Å². The van der Waals surface area contributed by atoms with Gasteiger partial charge < -0.3 is 20.1 Å². The Labute approximate surface area is 184 Å². The van der Waals surface area contributed by atoms with Crippen LogP contribution in [0.1, 0.15) is 45.1 Å². The van der Waals surface area contributed by atoms with Crippen LogP contribution in [-0.2, 0) is 25.7 Å². The molecule has 1 aliphatic rings. The molecule has 170 valence electrons. The molecule has 0 aromatic heterocycles. The van der Waals surface area contributed by atoms with Crippen LogP contribution in [0.5, 0.6) is 0 Å². The smallest absolute Gasteiger partial charge is 0.308 e. The standard InChI is InChI=1S/C24H34N2O5/c1-18-9-5-3-8-12-21(23(29)25-19(2)17-31-24(18)30)15-22(28)26(13-14-27)16-20-10-6-4-7-11-20/h3-4,6-8,10-11,18-19,21,27H,5,9,12-17H2,1-2H3,(H,25,29)/b8-3+/t18-,19-,21+/m0/s1. The average molecular weight is 431 g/mol. The first kappa shape index (κ1) is 24.6. The molecule has 0 saturated carbocycles. The van der Waals surface area contributed by atoms with Crippen molar-refractivity contribution in [1.29, 1.82) is 0 Å². The van der Waals surface area contributed by atoms with Crippen LogP contribution >= 0.6 is 0 Å². The number of benzene rings is 1. The fraction of sp³-hybridized carbons (Fsp3) is 0.542. The van der Waals surface area contributed by atoms with E-state index in [1.54, 1.807) is 11.8 Å². The minimum absolute atomic E-state index is 0.0475. The molecule has 1 aromatic carbocycles. The van der Waals surface area contributed by atoms with E-state index in [1.165, 1.54) is 0 Å². The fourth-order valence-corrected chi connectivity index (χ4v) is 3.43. The van der Waals surface area contributed by atoms with Gasteiger partial charge in [0.2, 0.25) is 11.8 Å². The average Bonchev–Trinajstić information content (AvgIpc) is 2.76. The second-order valence-electron chi connectivity index (χ2n) is 8.15. The van der Waals surface area contributed by atoms with Crippen LogP contribution in [0.4, 0.5) is 0 Å². The van der Waals surface area contributed by atoms with E-state index in [9.17, 15) is 19.5 Å². The number of nitrogens with zero attached hydrogens (tertiary/aromatic N) is 1. The lowest BCUT2D eigenvalue weighted by molar-refractivity contribution is -0.149. The van der Waals surface area contributed by atoms with Crippen molar-refractivity contribution in [3.8, 4) is 0 Å². The van der Waals surface area contributed by atoms with Gasteiger partial charge in [0.15, 0.2) is 0 Å². The number of carbonyl (C=O) groups is 3. The van der Waals surface area contributed by atoms with Crippen molar-refractivity contribution in [3.05, 3.63) is 48.0 Å². The zero-order valence-electron chi connectivity index (χ0n) is 18.5. The Morgan fingerprint density at radius 1 is 1.19 bits per heavy atom. The molecule has 0 radical (unpaired) electrons. The normalized spacial score (nSPS) is 24.0. The van der Waals surface area contributed by atoms with Crippen LogP contribution in [0, 0.1) is 11.8 Å². The van der Waals surface area contributed by atoms with Gasteiger partial charge in [0, 0.05) is 19.5 Å². The summed E-state index contributed by atoms with van der Waals surface area (Å²) >= 11 is 0. The third-order valence-electron chi connectivity index (χ3n) is 5.35. The topological polar surface area (TPSA) is 95.9 Å². The summed E-state index contributed by atoms with van der Waals surface area (Å²) in [6.07, 6.45) is 5.73. The highest BCUT2D eigenvalue weighted by molar-refractivity contribution is 5.86. The molecule has 2 amide bonds. The number of esters is 1. The second kappa shape index (κ2) is 12.9. The maximum absolute atomic E-state index is 13.0. The highest BCUT2D eigenvalue weighted by Gasteiger charge is 2.26. The van der Waals surface area contributed by atoms with Gasteiger partial charge >= 0.3 is 5.97 Å². The van der Waals surface area contributed by atoms with Crippen molar-refractivity contribution in [2.45, 2.75) is 52.1 Å². The number of ether oxygens (including phenoxy) is 1. The lowest BCUT2D eigenvalue weighted by Gasteiger charge is -2.25. The van der Waals surface area contributed by atoms with E-state index in [0.29, 0.717) is 25.8 Å². The molecule has 7 heteroatoms. The quantitative estimate of drug-likeness (QED) is 0.534. The predicted molar refractivity (Wildman–Crippen MR) is 118 cm³/mol. The van der Waals surface area contributed by atoms with Crippen LogP contribution in [0.25, 0.3) is 0 Å². The Balaban J connectivity index is 2.08. The molecular formula is C24H34N2O5. The van der Waals surface area contributed by atoms with Gasteiger partial charge in [-0.05, 0) is 31.7 Å². The maximum Gasteiger partial charge on any atom is 0.308 e. The van der Waals surface area contributed by atoms with Gasteiger partial charge in [-0.2, -0.15) is 0 Å². The summed E-state index contributed by atoms with van der Waals surface area (Å²) in [6.45, 7) is 4.17. The van der Waals surface area contributed by atoms with Gasteiger partial charge in [0.1, 0.15) is 6.61 Å². The molecule has 7 nitrogen and oxygen atoms in total. The number of allylic oxidation sites excluding steroid dienone is 2. The van der Waals surface area contributed by atoms with Gasteiger partial charge in [0.05, 0.1) is 24.5 Å². The number of hydrogen-bond donors (Lipinski definition) is 2. The number of cyclic esters (lactones) is 1. The van der Waals surface area contributed by atoms with Crippen LogP contribution in [0.2, 0.25) is 0 Å². The van der Waals surface area contributed by atoms with Crippen molar-refractivity contribution >= 4 is 17.8 Å². The summed E-state index contributed by atoms with van der Waals surface area (Å²) in [5.41, 5.74) is 0.966. The van der Waals surface area contributed by atoms with Crippen LogP contribution in [-0.4, -0.2) is 53.6 Å². The summed E-state index contributed by atoms with van der Waals surface area (Å²) in [7, 11) is 0. The molecule has 2 N–H and O–H groups in total. The summed E-state index contributed by atoms with van der Waals surface area (Å²) < 4.78 is 5.30. The van der Waals surface area contributed by atoms with Crippen molar-refractivity contribution in [3.63, 3.8) is 0 Å². The molecule has 1 aromatic rings. The summed E-state index contributed by atoms with van der Waals surface area (Å²) in [6, 6.07) is 9.22. The number of rotatable bonds is 6. The van der Waals surface area contributed by atoms with Crippen LogP contribution < -0.4 is 5.32 Å². The number of amides is 2. The molecule has 1 aliphatic heterocycles. The van der Waals surface area contributed by atoms with E-state index in [0.717, 1.165) is 5.56 Å². The first-order chi connectivity index (χ1) is 14.9. The van der Waals surface area contributed by atoms with E-state index in [-0.39, 0.29) is 55.9 Å². The largest absolute Gasteiger partial charge is 0.463 e. The van der Waals surface area contributed by atoms with Crippen LogP contribution in [0.15, 0.2) is 42.5 Å². The maximum atomic E-state index is 13.0. The lowest BCUT2D eigenvalue weighted by Crippen LogP contribution is -2.42. The molecule has 0 saturated heterocycles. The van der Waals surface area contributed by atoms with Crippen LogP contribution in [0.3, 0.4) is 0 Å². The first-order valence-electron chi connectivity index (χ1n) is 10.9. The second-order valence-corrected chi connectivity index (χ2v) is 8.15. The van der Waals surface area contributed by atoms with E-state index in [2.05, 4.69) is 5.32 Å².